The highest BCUT2D eigenvalue weighted by molar-refractivity contribution is 6.30. The van der Waals surface area contributed by atoms with Crippen molar-refractivity contribution in [1.29, 1.82) is 0 Å². The zero-order valence-corrected chi connectivity index (χ0v) is 14.9. The Hall–Kier alpha value is -2.44. The number of rotatable bonds is 8. The first-order valence-corrected chi connectivity index (χ1v) is 8.29. The van der Waals surface area contributed by atoms with Gasteiger partial charge in [-0.2, -0.15) is 0 Å². The lowest BCUT2D eigenvalue weighted by atomic mass is 10.0. The van der Waals surface area contributed by atoms with Crippen molar-refractivity contribution in [3.63, 3.8) is 0 Å². The summed E-state index contributed by atoms with van der Waals surface area (Å²) < 4.78 is 18.7. The average molecular weight is 380 g/mol. The molecule has 0 aromatic heterocycles. The van der Waals surface area contributed by atoms with E-state index in [1.165, 1.54) is 12.1 Å². The van der Waals surface area contributed by atoms with Crippen LogP contribution in [-0.4, -0.2) is 24.1 Å². The first-order chi connectivity index (χ1) is 12.4. The van der Waals surface area contributed by atoms with Gasteiger partial charge in [-0.25, -0.2) is 4.39 Å². The molecule has 26 heavy (non-hydrogen) atoms. The first-order valence-electron chi connectivity index (χ1n) is 7.92. The normalized spacial score (nSPS) is 11.8. The van der Waals surface area contributed by atoms with Crippen LogP contribution in [0.1, 0.15) is 29.2 Å². The van der Waals surface area contributed by atoms with Crippen LogP contribution in [0, 0.1) is 5.82 Å². The Morgan fingerprint density at radius 1 is 1.23 bits per heavy atom. The number of carbonyl (C=O) groups is 2. The molecule has 2 N–H and O–H groups in total. The van der Waals surface area contributed by atoms with Gasteiger partial charge in [0.15, 0.2) is 0 Å². The number of carbonyl (C=O) groups excluding carboxylic acids is 1. The van der Waals surface area contributed by atoms with Gasteiger partial charge in [-0.3, -0.25) is 9.59 Å². The zero-order valence-electron chi connectivity index (χ0n) is 14.2. The van der Waals surface area contributed by atoms with Gasteiger partial charge in [0, 0.05) is 7.11 Å². The molecule has 0 aliphatic carbocycles. The zero-order chi connectivity index (χ0) is 19.1. The molecule has 0 saturated heterocycles. The fraction of sp³-hybridized carbons (Fsp3) is 0.263. The second kappa shape index (κ2) is 9.31. The van der Waals surface area contributed by atoms with Gasteiger partial charge in [0.1, 0.15) is 5.82 Å². The van der Waals surface area contributed by atoms with E-state index in [1.54, 1.807) is 13.2 Å². The number of amides is 1. The van der Waals surface area contributed by atoms with Gasteiger partial charge < -0.3 is 15.2 Å². The van der Waals surface area contributed by atoms with Crippen LogP contribution in [0.15, 0.2) is 42.5 Å². The van der Waals surface area contributed by atoms with E-state index >= 15 is 0 Å². The molecular weight excluding hydrogens is 361 g/mol. The molecule has 0 spiro atoms. The molecule has 0 heterocycles. The maximum Gasteiger partial charge on any atom is 0.305 e. The Morgan fingerprint density at radius 2 is 1.96 bits per heavy atom. The van der Waals surface area contributed by atoms with Crippen molar-refractivity contribution in [3.8, 4) is 0 Å². The lowest BCUT2D eigenvalue weighted by Gasteiger charge is -2.18. The summed E-state index contributed by atoms with van der Waals surface area (Å²) in [6, 6.07) is 10.5. The molecule has 0 bridgehead atoms. The maximum absolute atomic E-state index is 13.7. The summed E-state index contributed by atoms with van der Waals surface area (Å²) in [7, 11) is 1.58. The summed E-state index contributed by atoms with van der Waals surface area (Å²) in [5.41, 5.74) is 2.05. The SMILES string of the molecule is COCc1cccc(CC(=O)NC(CC(=O)O)c2ccc(Cl)c(F)c2)c1. The molecule has 1 atom stereocenters. The quantitative estimate of drug-likeness (QED) is 0.736. The fourth-order valence-electron chi connectivity index (χ4n) is 2.58. The minimum absolute atomic E-state index is 0.0656. The molecule has 0 fully saturated rings. The van der Waals surface area contributed by atoms with Crippen molar-refractivity contribution in [2.24, 2.45) is 0 Å². The molecule has 0 aliphatic rings. The second-order valence-electron chi connectivity index (χ2n) is 5.82. The van der Waals surface area contributed by atoms with Gasteiger partial charge in [-0.05, 0) is 28.8 Å². The molecule has 7 heteroatoms. The Bertz CT molecular complexity index is 797. The highest BCUT2D eigenvalue weighted by atomic mass is 35.5. The number of methoxy groups -OCH3 is 1. The van der Waals surface area contributed by atoms with E-state index < -0.39 is 17.8 Å². The standard InChI is InChI=1S/C19H19ClFNO4/c1-26-11-13-4-2-3-12(7-13)8-18(23)22-17(10-19(24)25)14-5-6-15(20)16(21)9-14/h2-7,9,17H,8,10-11H2,1H3,(H,22,23)(H,24,25). The van der Waals surface area contributed by atoms with Crippen molar-refractivity contribution in [1.82, 2.24) is 5.32 Å². The van der Waals surface area contributed by atoms with Crippen LogP contribution >= 0.6 is 11.6 Å². The number of carboxylic acids is 1. The smallest absolute Gasteiger partial charge is 0.305 e. The average Bonchev–Trinajstić information content (AvgIpc) is 2.57. The molecule has 0 saturated carbocycles. The Morgan fingerprint density at radius 3 is 2.62 bits per heavy atom. The van der Waals surface area contributed by atoms with E-state index in [1.807, 2.05) is 18.2 Å². The number of aliphatic carboxylic acids is 1. The summed E-state index contributed by atoms with van der Waals surface area (Å²) in [5, 5.41) is 11.7. The minimum Gasteiger partial charge on any atom is -0.481 e. The Labute approximate surface area is 155 Å². The van der Waals surface area contributed by atoms with E-state index in [9.17, 15) is 14.0 Å². The van der Waals surface area contributed by atoms with Crippen LogP contribution in [0.2, 0.25) is 5.02 Å². The van der Waals surface area contributed by atoms with Crippen LogP contribution in [-0.2, 0) is 27.4 Å². The van der Waals surface area contributed by atoms with E-state index in [2.05, 4.69) is 5.32 Å². The minimum atomic E-state index is -1.10. The third kappa shape index (κ3) is 5.82. The fourth-order valence-corrected chi connectivity index (χ4v) is 2.70. The Balaban J connectivity index is 2.12. The van der Waals surface area contributed by atoms with Crippen LogP contribution in [0.5, 0.6) is 0 Å². The number of carboxylic acid groups (broad SMARTS) is 1. The predicted molar refractivity (Wildman–Crippen MR) is 95.4 cm³/mol. The predicted octanol–water partition coefficient (Wildman–Crippen LogP) is 3.50. The topological polar surface area (TPSA) is 75.6 Å². The monoisotopic (exact) mass is 379 g/mol. The number of nitrogens with one attached hydrogen (secondary N) is 1. The lowest BCUT2D eigenvalue weighted by Crippen LogP contribution is -2.31. The molecule has 1 unspecified atom stereocenters. The number of hydrogen-bond acceptors (Lipinski definition) is 3. The van der Waals surface area contributed by atoms with Crippen LogP contribution in [0.25, 0.3) is 0 Å². The van der Waals surface area contributed by atoms with Crippen molar-refractivity contribution >= 4 is 23.5 Å². The molecule has 1 amide bonds. The van der Waals surface area contributed by atoms with Gasteiger partial charge >= 0.3 is 5.97 Å². The van der Waals surface area contributed by atoms with Gasteiger partial charge in [0.05, 0.1) is 30.5 Å². The van der Waals surface area contributed by atoms with Crippen LogP contribution in [0.3, 0.4) is 0 Å². The van der Waals surface area contributed by atoms with E-state index in [-0.39, 0.29) is 23.8 Å². The third-order valence-electron chi connectivity index (χ3n) is 3.73. The number of benzene rings is 2. The molecular formula is C19H19ClFNO4. The third-order valence-corrected chi connectivity index (χ3v) is 4.03. The van der Waals surface area contributed by atoms with Crippen molar-refractivity contribution in [2.45, 2.75) is 25.5 Å². The van der Waals surface area contributed by atoms with Gasteiger partial charge in [0.25, 0.3) is 0 Å². The number of halogens is 2. The molecule has 5 nitrogen and oxygen atoms in total. The Kier molecular flexibility index (Phi) is 7.12. The van der Waals surface area contributed by atoms with Crippen LogP contribution < -0.4 is 5.32 Å². The number of ether oxygens (including phenoxy) is 1. The molecule has 0 aliphatic heterocycles. The van der Waals surface area contributed by atoms with E-state index in [0.717, 1.165) is 17.2 Å². The molecule has 138 valence electrons. The summed E-state index contributed by atoms with van der Waals surface area (Å²) >= 11 is 5.66. The highest BCUT2D eigenvalue weighted by Crippen LogP contribution is 2.22. The molecule has 0 radical (unpaired) electrons. The van der Waals surface area contributed by atoms with Crippen molar-refractivity contribution in [3.05, 3.63) is 70.0 Å². The van der Waals surface area contributed by atoms with Crippen LogP contribution in [0.4, 0.5) is 4.39 Å². The summed E-state index contributed by atoms with van der Waals surface area (Å²) in [4.78, 5) is 23.4. The summed E-state index contributed by atoms with van der Waals surface area (Å²) in [6.45, 7) is 0.432. The van der Waals surface area contributed by atoms with E-state index in [0.29, 0.717) is 12.2 Å². The molecule has 2 aromatic rings. The first kappa shape index (κ1) is 19.9. The van der Waals surface area contributed by atoms with Crippen molar-refractivity contribution in [2.75, 3.05) is 7.11 Å². The van der Waals surface area contributed by atoms with Gasteiger partial charge in [-0.1, -0.05) is 41.9 Å². The molecule has 2 aromatic carbocycles. The highest BCUT2D eigenvalue weighted by Gasteiger charge is 2.19. The lowest BCUT2D eigenvalue weighted by molar-refractivity contribution is -0.137. The van der Waals surface area contributed by atoms with Crippen molar-refractivity contribution < 1.29 is 23.8 Å². The second-order valence-corrected chi connectivity index (χ2v) is 6.23. The largest absolute Gasteiger partial charge is 0.481 e. The maximum atomic E-state index is 13.7. The number of hydrogen-bond donors (Lipinski definition) is 2. The molecule has 2 rings (SSSR count). The van der Waals surface area contributed by atoms with Gasteiger partial charge in [-0.15, -0.1) is 0 Å². The van der Waals surface area contributed by atoms with Gasteiger partial charge in [0.2, 0.25) is 5.91 Å². The summed E-state index contributed by atoms with van der Waals surface area (Å²) in [5.74, 6) is -2.13. The summed E-state index contributed by atoms with van der Waals surface area (Å²) in [6.07, 6.45) is -0.291. The van der Waals surface area contributed by atoms with E-state index in [4.69, 9.17) is 21.4 Å².